The minimum atomic E-state index is 0.334. The summed E-state index contributed by atoms with van der Waals surface area (Å²) in [7, 11) is 0. The number of nitrogens with one attached hydrogen (secondary N) is 1. The molecule has 0 radical (unpaired) electrons. The Bertz CT molecular complexity index is 386. The Morgan fingerprint density at radius 3 is 2.67 bits per heavy atom. The lowest BCUT2D eigenvalue weighted by Crippen LogP contribution is -2.24. The largest absolute Gasteiger partial charge is 0.355 e. The third-order valence-electron chi connectivity index (χ3n) is 4.25. The maximum Gasteiger partial charge on any atom is 0.203 e. The minimum absolute atomic E-state index is 0.334. The molecule has 0 aromatic carbocycles. The van der Waals surface area contributed by atoms with Gasteiger partial charge in [-0.25, -0.2) is 4.98 Å². The Balaban J connectivity index is 2.07. The molecule has 1 saturated carbocycles. The van der Waals surface area contributed by atoms with Crippen LogP contribution in [0, 0.1) is 12.3 Å². The predicted octanol–water partition coefficient (Wildman–Crippen LogP) is 4.15. The highest BCUT2D eigenvalue weighted by Crippen LogP contribution is 2.32. The Morgan fingerprint density at radius 2 is 2.06 bits per heavy atom. The van der Waals surface area contributed by atoms with Gasteiger partial charge >= 0.3 is 0 Å². The van der Waals surface area contributed by atoms with Crippen molar-refractivity contribution in [3.05, 3.63) is 11.9 Å². The quantitative estimate of drug-likeness (QED) is 0.849. The van der Waals surface area contributed by atoms with Crippen molar-refractivity contribution in [1.29, 1.82) is 0 Å². The van der Waals surface area contributed by atoms with Crippen LogP contribution < -0.4 is 5.32 Å². The normalized spacial score (nSPS) is 17.3. The van der Waals surface area contributed by atoms with Crippen molar-refractivity contribution in [2.45, 2.75) is 65.8 Å². The molecule has 0 unspecified atom stereocenters. The van der Waals surface area contributed by atoms with E-state index in [-0.39, 0.29) is 0 Å². The van der Waals surface area contributed by atoms with E-state index in [1.54, 1.807) is 0 Å². The maximum atomic E-state index is 4.64. The molecular weight excluding hydrogens is 222 g/mol. The maximum absolute atomic E-state index is 4.64. The van der Waals surface area contributed by atoms with E-state index in [0.29, 0.717) is 11.5 Å². The van der Waals surface area contributed by atoms with Gasteiger partial charge in [0.2, 0.25) is 5.95 Å². The summed E-state index contributed by atoms with van der Waals surface area (Å²) in [4.78, 5) is 4.64. The monoisotopic (exact) mass is 249 g/mol. The van der Waals surface area contributed by atoms with Crippen LogP contribution in [-0.4, -0.2) is 16.1 Å². The molecule has 1 fully saturated rings. The molecule has 0 aliphatic heterocycles. The molecule has 1 N–H and O–H groups in total. The van der Waals surface area contributed by atoms with Crippen molar-refractivity contribution < 1.29 is 0 Å². The molecule has 0 amide bonds. The lowest BCUT2D eigenvalue weighted by Gasteiger charge is -2.24. The molecular formula is C15H27N3. The van der Waals surface area contributed by atoms with Gasteiger partial charge in [-0.15, -0.1) is 0 Å². The topological polar surface area (TPSA) is 29.9 Å². The van der Waals surface area contributed by atoms with Gasteiger partial charge in [0.15, 0.2) is 0 Å². The lowest BCUT2D eigenvalue weighted by molar-refractivity contribution is 0.374. The molecule has 3 nitrogen and oxygen atoms in total. The molecule has 0 atom stereocenters. The first-order valence-electron chi connectivity index (χ1n) is 7.31. The first-order chi connectivity index (χ1) is 8.52. The van der Waals surface area contributed by atoms with Crippen molar-refractivity contribution in [2.75, 3.05) is 11.9 Å². The van der Waals surface area contributed by atoms with E-state index >= 15 is 0 Å². The molecule has 18 heavy (non-hydrogen) atoms. The minimum Gasteiger partial charge on any atom is -0.355 e. The molecule has 0 saturated heterocycles. The highest BCUT2D eigenvalue weighted by Gasteiger charge is 2.21. The summed E-state index contributed by atoms with van der Waals surface area (Å²) in [5.41, 5.74) is 1.46. The van der Waals surface area contributed by atoms with Gasteiger partial charge in [0.1, 0.15) is 0 Å². The van der Waals surface area contributed by atoms with Crippen LogP contribution in [-0.2, 0) is 0 Å². The molecule has 0 bridgehead atoms. The zero-order valence-corrected chi connectivity index (χ0v) is 12.3. The number of rotatable bonds is 5. The van der Waals surface area contributed by atoms with Crippen molar-refractivity contribution in [1.82, 2.24) is 9.55 Å². The zero-order valence-electron chi connectivity index (χ0n) is 12.3. The van der Waals surface area contributed by atoms with Gasteiger partial charge in [0, 0.05) is 18.8 Å². The molecule has 1 aliphatic carbocycles. The van der Waals surface area contributed by atoms with E-state index < -0.39 is 0 Å². The van der Waals surface area contributed by atoms with Gasteiger partial charge in [-0.2, -0.15) is 0 Å². The summed E-state index contributed by atoms with van der Waals surface area (Å²) in [5.74, 6) is 1.07. The van der Waals surface area contributed by atoms with Crippen LogP contribution in [0.5, 0.6) is 0 Å². The molecule has 0 spiro atoms. The number of imidazole rings is 1. The smallest absolute Gasteiger partial charge is 0.203 e. The van der Waals surface area contributed by atoms with Gasteiger partial charge in [-0.3, -0.25) is 0 Å². The summed E-state index contributed by atoms with van der Waals surface area (Å²) < 4.78 is 2.37. The van der Waals surface area contributed by atoms with Crippen LogP contribution in [0.1, 0.15) is 64.6 Å². The lowest BCUT2D eigenvalue weighted by atomic mass is 9.90. The number of nitrogens with zero attached hydrogens (tertiary/aromatic N) is 2. The molecule has 1 aliphatic rings. The number of hydrogen-bond donors (Lipinski definition) is 1. The van der Waals surface area contributed by atoms with Crippen molar-refractivity contribution in [3.63, 3.8) is 0 Å². The molecule has 1 aromatic heterocycles. The average molecular weight is 249 g/mol. The summed E-state index contributed by atoms with van der Waals surface area (Å²) in [5, 5.41) is 3.55. The SMILES string of the molecule is CCC(C)(C)CNc1nc(C)cn1C1CCCC1. The van der Waals surface area contributed by atoms with Crippen molar-refractivity contribution >= 4 is 5.95 Å². The van der Waals surface area contributed by atoms with Gasteiger partial charge < -0.3 is 9.88 Å². The molecule has 102 valence electrons. The summed E-state index contributed by atoms with van der Waals surface area (Å²) >= 11 is 0. The Hall–Kier alpha value is -0.990. The molecule has 1 heterocycles. The second-order valence-corrected chi connectivity index (χ2v) is 6.42. The fourth-order valence-electron chi connectivity index (χ4n) is 2.55. The van der Waals surface area contributed by atoms with Crippen LogP contribution in [0.2, 0.25) is 0 Å². The van der Waals surface area contributed by atoms with Crippen LogP contribution >= 0.6 is 0 Å². The number of hydrogen-bond acceptors (Lipinski definition) is 2. The average Bonchev–Trinajstić information content (AvgIpc) is 2.95. The third-order valence-corrected chi connectivity index (χ3v) is 4.25. The van der Waals surface area contributed by atoms with Crippen molar-refractivity contribution in [2.24, 2.45) is 5.41 Å². The highest BCUT2D eigenvalue weighted by atomic mass is 15.2. The van der Waals surface area contributed by atoms with E-state index in [9.17, 15) is 0 Å². The van der Waals surface area contributed by atoms with Gasteiger partial charge in [0.05, 0.1) is 5.69 Å². The zero-order chi connectivity index (χ0) is 13.2. The fourth-order valence-corrected chi connectivity index (χ4v) is 2.55. The van der Waals surface area contributed by atoms with Crippen molar-refractivity contribution in [3.8, 4) is 0 Å². The fraction of sp³-hybridized carbons (Fsp3) is 0.800. The van der Waals surface area contributed by atoms with Gasteiger partial charge in [-0.05, 0) is 31.6 Å². The number of anilines is 1. The van der Waals surface area contributed by atoms with E-state index in [1.807, 2.05) is 0 Å². The summed E-state index contributed by atoms with van der Waals surface area (Å²) in [6, 6.07) is 0.665. The van der Waals surface area contributed by atoms with Crippen LogP contribution in [0.15, 0.2) is 6.20 Å². The molecule has 1 aromatic rings. The number of aromatic nitrogens is 2. The molecule has 2 rings (SSSR count). The summed E-state index contributed by atoms with van der Waals surface area (Å²) in [6.07, 6.45) is 8.73. The predicted molar refractivity (Wildman–Crippen MR) is 77.0 cm³/mol. The Morgan fingerprint density at radius 1 is 1.39 bits per heavy atom. The van der Waals surface area contributed by atoms with E-state index in [4.69, 9.17) is 0 Å². The second-order valence-electron chi connectivity index (χ2n) is 6.42. The first-order valence-corrected chi connectivity index (χ1v) is 7.31. The number of aryl methyl sites for hydroxylation is 1. The molecule has 3 heteroatoms. The third kappa shape index (κ3) is 3.06. The highest BCUT2D eigenvalue weighted by molar-refractivity contribution is 5.30. The van der Waals surface area contributed by atoms with Crippen LogP contribution in [0.25, 0.3) is 0 Å². The van der Waals surface area contributed by atoms with Gasteiger partial charge in [-0.1, -0.05) is 33.6 Å². The van der Waals surface area contributed by atoms with E-state index in [1.165, 1.54) is 32.1 Å². The Labute approximate surface area is 111 Å². The Kier molecular flexibility index (Phi) is 3.98. The standard InChI is InChI=1S/C15H27N3/c1-5-15(3,4)11-16-14-17-12(2)10-18(14)13-8-6-7-9-13/h10,13H,5-9,11H2,1-4H3,(H,16,17). The van der Waals surface area contributed by atoms with Gasteiger partial charge in [0.25, 0.3) is 0 Å². The van der Waals surface area contributed by atoms with Crippen LogP contribution in [0.3, 0.4) is 0 Å². The first kappa shape index (κ1) is 13.4. The second kappa shape index (κ2) is 5.33. The summed E-state index contributed by atoms with van der Waals surface area (Å²) in [6.45, 7) is 9.93. The van der Waals surface area contributed by atoms with E-state index in [0.717, 1.165) is 18.2 Å². The van der Waals surface area contributed by atoms with E-state index in [2.05, 4.69) is 48.8 Å². The van der Waals surface area contributed by atoms with Crippen LogP contribution in [0.4, 0.5) is 5.95 Å².